The molecule has 1 aliphatic heterocycles. The van der Waals surface area contributed by atoms with E-state index in [0.29, 0.717) is 36.5 Å². The Balaban J connectivity index is 0.00000200. The van der Waals surface area contributed by atoms with Crippen molar-refractivity contribution in [2.45, 2.75) is 39.7 Å². The van der Waals surface area contributed by atoms with E-state index in [0.717, 1.165) is 13.1 Å². The Morgan fingerprint density at radius 3 is 2.80 bits per heavy atom. The molecule has 0 aliphatic carbocycles. The zero-order valence-corrected chi connectivity index (χ0v) is 12.8. The van der Waals surface area contributed by atoms with Gasteiger partial charge in [-0.05, 0) is 37.8 Å². The van der Waals surface area contributed by atoms with E-state index in [1.165, 1.54) is 12.8 Å². The van der Waals surface area contributed by atoms with Crippen molar-refractivity contribution in [3.63, 3.8) is 0 Å². The molecule has 6 nitrogen and oxygen atoms in total. The monoisotopic (exact) mass is 302 g/mol. The number of hydrogen-bond donors (Lipinski definition) is 2. The zero-order valence-electron chi connectivity index (χ0n) is 12.0. The van der Waals surface area contributed by atoms with Crippen molar-refractivity contribution in [3.05, 3.63) is 11.7 Å². The van der Waals surface area contributed by atoms with Crippen LogP contribution in [0.2, 0.25) is 0 Å². The molecule has 0 radical (unpaired) electrons. The molecule has 114 valence electrons. The van der Waals surface area contributed by atoms with Gasteiger partial charge in [-0.25, -0.2) is 0 Å². The van der Waals surface area contributed by atoms with Gasteiger partial charge in [0, 0.05) is 13.3 Å². The third kappa shape index (κ3) is 5.09. The Hall–Kier alpha value is -1.14. The van der Waals surface area contributed by atoms with Crippen LogP contribution in [0.15, 0.2) is 4.52 Å². The normalized spacial score (nSPS) is 17.3. The summed E-state index contributed by atoms with van der Waals surface area (Å²) >= 11 is 0. The van der Waals surface area contributed by atoms with E-state index < -0.39 is 0 Å². The van der Waals surface area contributed by atoms with Gasteiger partial charge in [-0.2, -0.15) is 4.98 Å². The number of rotatable bonds is 5. The minimum atomic E-state index is 0. The van der Waals surface area contributed by atoms with Gasteiger partial charge in [0.25, 0.3) is 0 Å². The van der Waals surface area contributed by atoms with Crippen LogP contribution in [0.5, 0.6) is 0 Å². The van der Waals surface area contributed by atoms with Gasteiger partial charge in [0.15, 0.2) is 5.82 Å². The summed E-state index contributed by atoms with van der Waals surface area (Å²) < 4.78 is 4.85. The lowest BCUT2D eigenvalue weighted by Gasteiger charge is -2.27. The minimum absolute atomic E-state index is 0. The van der Waals surface area contributed by atoms with Crippen LogP contribution in [0.3, 0.4) is 0 Å². The molecule has 20 heavy (non-hydrogen) atoms. The summed E-state index contributed by atoms with van der Waals surface area (Å²) in [7, 11) is 0. The van der Waals surface area contributed by atoms with Crippen molar-refractivity contribution in [3.8, 4) is 0 Å². The van der Waals surface area contributed by atoms with Crippen LogP contribution < -0.4 is 10.6 Å². The Morgan fingerprint density at radius 2 is 2.20 bits per heavy atom. The summed E-state index contributed by atoms with van der Waals surface area (Å²) in [6.07, 6.45) is 2.90. The number of aryl methyl sites for hydroxylation is 1. The maximum atomic E-state index is 11.9. The maximum absolute atomic E-state index is 11.9. The molecule has 1 unspecified atom stereocenters. The minimum Gasteiger partial charge on any atom is -0.349 e. The van der Waals surface area contributed by atoms with Crippen LogP contribution in [0, 0.1) is 18.8 Å². The number of halogens is 1. The second-order valence-electron chi connectivity index (χ2n) is 5.28. The first-order valence-corrected chi connectivity index (χ1v) is 6.91. The fourth-order valence-electron chi connectivity index (χ4n) is 2.54. The molecule has 1 aromatic heterocycles. The lowest BCUT2D eigenvalue weighted by atomic mass is 9.84. The van der Waals surface area contributed by atoms with Gasteiger partial charge in [0.1, 0.15) is 0 Å². The van der Waals surface area contributed by atoms with E-state index >= 15 is 0 Å². The molecule has 2 rings (SSSR count). The van der Waals surface area contributed by atoms with Crippen molar-refractivity contribution in [2.24, 2.45) is 11.8 Å². The number of piperidine rings is 1. The van der Waals surface area contributed by atoms with Gasteiger partial charge >= 0.3 is 0 Å². The first kappa shape index (κ1) is 16.9. The second kappa shape index (κ2) is 8.21. The molecule has 0 spiro atoms. The molecule has 0 bridgehead atoms. The number of nitrogens with zero attached hydrogens (tertiary/aromatic N) is 2. The van der Waals surface area contributed by atoms with Gasteiger partial charge in [-0.1, -0.05) is 12.1 Å². The first-order valence-electron chi connectivity index (χ1n) is 6.91. The number of amides is 1. The van der Waals surface area contributed by atoms with E-state index in [9.17, 15) is 4.79 Å². The average molecular weight is 303 g/mol. The Morgan fingerprint density at radius 1 is 1.50 bits per heavy atom. The molecular formula is C13H23ClN4O2. The molecule has 1 aliphatic rings. The molecule has 0 saturated carbocycles. The van der Waals surface area contributed by atoms with E-state index in [-0.39, 0.29) is 18.3 Å². The Labute approximate surface area is 125 Å². The topological polar surface area (TPSA) is 80.0 Å². The SMILES string of the molecule is Cc1nc(CNC(=O)CC(C)C2CCNCC2)no1.Cl. The number of hydrogen-bond acceptors (Lipinski definition) is 5. The van der Waals surface area contributed by atoms with Gasteiger partial charge in [0.05, 0.1) is 6.54 Å². The van der Waals surface area contributed by atoms with Crippen molar-refractivity contribution in [2.75, 3.05) is 13.1 Å². The van der Waals surface area contributed by atoms with Crippen molar-refractivity contribution in [1.29, 1.82) is 0 Å². The third-order valence-electron chi connectivity index (χ3n) is 3.71. The van der Waals surface area contributed by atoms with Crippen LogP contribution in [-0.4, -0.2) is 29.1 Å². The Bertz CT molecular complexity index is 418. The molecule has 2 N–H and O–H groups in total. The number of aromatic nitrogens is 2. The molecule has 1 amide bonds. The molecular weight excluding hydrogens is 280 g/mol. The zero-order chi connectivity index (χ0) is 13.7. The molecule has 1 fully saturated rings. The number of nitrogens with one attached hydrogen (secondary N) is 2. The molecule has 1 saturated heterocycles. The lowest BCUT2D eigenvalue weighted by Crippen LogP contribution is -2.33. The highest BCUT2D eigenvalue weighted by atomic mass is 35.5. The highest BCUT2D eigenvalue weighted by Gasteiger charge is 2.21. The van der Waals surface area contributed by atoms with E-state index in [1.807, 2.05) is 0 Å². The average Bonchev–Trinajstić information content (AvgIpc) is 2.83. The number of carbonyl (C=O) groups excluding carboxylic acids is 1. The van der Waals surface area contributed by atoms with Crippen LogP contribution >= 0.6 is 12.4 Å². The summed E-state index contributed by atoms with van der Waals surface area (Å²) in [6, 6.07) is 0. The molecule has 1 aromatic rings. The summed E-state index contributed by atoms with van der Waals surface area (Å²) in [5.41, 5.74) is 0. The van der Waals surface area contributed by atoms with Crippen LogP contribution in [-0.2, 0) is 11.3 Å². The number of carbonyl (C=O) groups is 1. The fraction of sp³-hybridized carbons (Fsp3) is 0.769. The van der Waals surface area contributed by atoms with Crippen molar-refractivity contribution in [1.82, 2.24) is 20.8 Å². The smallest absolute Gasteiger partial charge is 0.223 e. The quantitative estimate of drug-likeness (QED) is 0.860. The summed E-state index contributed by atoms with van der Waals surface area (Å²) in [5, 5.41) is 9.93. The highest BCUT2D eigenvalue weighted by molar-refractivity contribution is 5.85. The first-order chi connectivity index (χ1) is 9.15. The van der Waals surface area contributed by atoms with Crippen LogP contribution in [0.1, 0.15) is 37.9 Å². The second-order valence-corrected chi connectivity index (χ2v) is 5.28. The van der Waals surface area contributed by atoms with Gasteiger partial charge in [-0.15, -0.1) is 12.4 Å². The van der Waals surface area contributed by atoms with Crippen LogP contribution in [0.25, 0.3) is 0 Å². The molecule has 2 heterocycles. The van der Waals surface area contributed by atoms with Crippen molar-refractivity contribution < 1.29 is 9.32 Å². The standard InChI is InChI=1S/C13H22N4O2.ClH/c1-9(11-3-5-14-6-4-11)7-13(18)15-8-12-16-10(2)19-17-12;/h9,11,14H,3-8H2,1-2H3,(H,15,18);1H. The highest BCUT2D eigenvalue weighted by Crippen LogP contribution is 2.24. The maximum Gasteiger partial charge on any atom is 0.223 e. The van der Waals surface area contributed by atoms with E-state index in [1.54, 1.807) is 6.92 Å². The van der Waals surface area contributed by atoms with Crippen molar-refractivity contribution >= 4 is 18.3 Å². The predicted molar refractivity (Wildman–Crippen MR) is 77.5 cm³/mol. The van der Waals surface area contributed by atoms with Crippen LogP contribution in [0.4, 0.5) is 0 Å². The lowest BCUT2D eigenvalue weighted by molar-refractivity contribution is -0.122. The predicted octanol–water partition coefficient (Wildman–Crippen LogP) is 1.44. The van der Waals surface area contributed by atoms with E-state index in [4.69, 9.17) is 4.52 Å². The fourth-order valence-corrected chi connectivity index (χ4v) is 2.54. The largest absolute Gasteiger partial charge is 0.349 e. The van der Waals surface area contributed by atoms with Gasteiger partial charge in [-0.3, -0.25) is 4.79 Å². The molecule has 1 atom stereocenters. The Kier molecular flexibility index (Phi) is 6.95. The van der Waals surface area contributed by atoms with Gasteiger partial charge in [0.2, 0.25) is 11.8 Å². The summed E-state index contributed by atoms with van der Waals surface area (Å²) in [4.78, 5) is 15.9. The third-order valence-corrected chi connectivity index (χ3v) is 3.71. The summed E-state index contributed by atoms with van der Waals surface area (Å²) in [5.74, 6) is 2.19. The summed E-state index contributed by atoms with van der Waals surface area (Å²) in [6.45, 7) is 6.37. The molecule has 7 heteroatoms. The molecule has 0 aromatic carbocycles. The van der Waals surface area contributed by atoms with Gasteiger partial charge < -0.3 is 15.2 Å². The van der Waals surface area contributed by atoms with E-state index in [2.05, 4.69) is 27.7 Å².